The van der Waals surface area contributed by atoms with Crippen LogP contribution in [0.4, 0.5) is 8.78 Å². The third kappa shape index (κ3) is 3.83. The van der Waals surface area contributed by atoms with Gasteiger partial charge in [0.25, 0.3) is 5.91 Å². The van der Waals surface area contributed by atoms with Gasteiger partial charge in [0.1, 0.15) is 27.7 Å². The second-order valence-corrected chi connectivity index (χ2v) is 5.78. The number of amides is 1. The van der Waals surface area contributed by atoms with Crippen LogP contribution in [0.5, 0.6) is 5.75 Å². The van der Waals surface area contributed by atoms with Gasteiger partial charge in [-0.2, -0.15) is 8.78 Å². The Hall–Kier alpha value is -1.93. The number of hydrogen-bond acceptors (Lipinski definition) is 5. The molecule has 8 heteroatoms. The van der Waals surface area contributed by atoms with E-state index in [9.17, 15) is 18.7 Å². The van der Waals surface area contributed by atoms with Gasteiger partial charge in [0.15, 0.2) is 0 Å². The van der Waals surface area contributed by atoms with Crippen molar-refractivity contribution >= 4 is 17.2 Å². The predicted molar refractivity (Wildman–Crippen MR) is 76.3 cm³/mol. The van der Waals surface area contributed by atoms with Crippen LogP contribution in [0.2, 0.25) is 0 Å². The normalized spacial score (nSPS) is 13.9. The maximum atomic E-state index is 12.2. The van der Waals surface area contributed by atoms with E-state index in [1.807, 2.05) is 0 Å². The number of thiophene rings is 1. The minimum absolute atomic E-state index is 0.0201. The molecule has 0 spiro atoms. The molecule has 0 bridgehead atoms. The molecule has 120 valence electrons. The molecule has 0 radical (unpaired) electrons. The van der Waals surface area contributed by atoms with Gasteiger partial charge >= 0.3 is 6.61 Å². The van der Waals surface area contributed by atoms with Crippen LogP contribution >= 0.6 is 11.3 Å². The van der Waals surface area contributed by atoms with Crippen LogP contribution in [0.15, 0.2) is 28.0 Å². The van der Waals surface area contributed by atoms with E-state index in [1.165, 1.54) is 18.4 Å². The largest absolute Gasteiger partial charge is 0.463 e. The lowest BCUT2D eigenvalue weighted by atomic mass is 10.0. The predicted octanol–water partition coefficient (Wildman–Crippen LogP) is 2.89. The first-order valence-corrected chi connectivity index (χ1v) is 7.27. The molecule has 22 heavy (non-hydrogen) atoms. The summed E-state index contributed by atoms with van der Waals surface area (Å²) in [6.45, 7) is 0.0782. The average Bonchev–Trinajstić information content (AvgIpc) is 3.05. The Kier molecular flexibility index (Phi) is 4.82. The van der Waals surface area contributed by atoms with Crippen molar-refractivity contribution in [2.45, 2.75) is 26.1 Å². The fourth-order valence-electron chi connectivity index (χ4n) is 1.80. The summed E-state index contributed by atoms with van der Waals surface area (Å²) in [5, 5.41) is 14.3. The van der Waals surface area contributed by atoms with Gasteiger partial charge in [0.05, 0.1) is 6.54 Å². The lowest BCUT2D eigenvalue weighted by molar-refractivity contribution is -0.0498. The first-order chi connectivity index (χ1) is 10.3. The lowest BCUT2D eigenvalue weighted by Crippen LogP contribution is -2.38. The Morgan fingerprint density at radius 2 is 2.23 bits per heavy atom. The molecule has 0 saturated carbocycles. The van der Waals surface area contributed by atoms with Crippen LogP contribution in [0.3, 0.4) is 0 Å². The van der Waals surface area contributed by atoms with E-state index in [2.05, 4.69) is 10.1 Å². The summed E-state index contributed by atoms with van der Waals surface area (Å²) in [5.41, 5.74) is -1.41. The van der Waals surface area contributed by atoms with E-state index in [0.717, 1.165) is 11.3 Å². The van der Waals surface area contributed by atoms with Crippen molar-refractivity contribution in [3.63, 3.8) is 0 Å². The number of furan rings is 1. The molecule has 0 aliphatic rings. The summed E-state index contributed by atoms with van der Waals surface area (Å²) < 4.78 is 34.1. The average molecular weight is 331 g/mol. The van der Waals surface area contributed by atoms with E-state index in [4.69, 9.17) is 4.42 Å². The fraction of sp³-hybridized carbons (Fsp3) is 0.357. The van der Waals surface area contributed by atoms with Gasteiger partial charge in [-0.05, 0) is 37.4 Å². The van der Waals surface area contributed by atoms with Crippen molar-refractivity contribution in [3.8, 4) is 5.75 Å². The highest BCUT2D eigenvalue weighted by Crippen LogP contribution is 2.27. The van der Waals surface area contributed by atoms with E-state index < -0.39 is 18.1 Å². The molecule has 0 aromatic carbocycles. The maximum Gasteiger partial charge on any atom is 0.387 e. The molecular weight excluding hydrogens is 316 g/mol. The quantitative estimate of drug-likeness (QED) is 0.854. The second-order valence-electron chi connectivity index (χ2n) is 4.86. The number of carbonyl (C=O) groups is 1. The highest BCUT2D eigenvalue weighted by Gasteiger charge is 2.28. The van der Waals surface area contributed by atoms with Gasteiger partial charge < -0.3 is 19.6 Å². The SMILES string of the molecule is Cc1ccc([C@@](C)(O)CNC(=O)c2sccc2OC(F)F)o1. The summed E-state index contributed by atoms with van der Waals surface area (Å²) in [7, 11) is 0. The topological polar surface area (TPSA) is 71.7 Å². The van der Waals surface area contributed by atoms with Gasteiger partial charge in [0.2, 0.25) is 0 Å². The summed E-state index contributed by atoms with van der Waals surface area (Å²) in [5.74, 6) is 0.146. The van der Waals surface area contributed by atoms with E-state index in [0.29, 0.717) is 11.5 Å². The Balaban J connectivity index is 2.02. The fourth-order valence-corrected chi connectivity index (χ4v) is 2.53. The number of alkyl halides is 2. The molecular formula is C14H15F2NO4S. The highest BCUT2D eigenvalue weighted by molar-refractivity contribution is 7.12. The van der Waals surface area contributed by atoms with Crippen LogP contribution in [0, 0.1) is 6.92 Å². The Morgan fingerprint density at radius 1 is 1.50 bits per heavy atom. The number of nitrogens with one attached hydrogen (secondary N) is 1. The van der Waals surface area contributed by atoms with Crippen LogP contribution in [-0.2, 0) is 5.60 Å². The Labute approximate surface area is 129 Å². The van der Waals surface area contributed by atoms with Gasteiger partial charge in [-0.25, -0.2) is 0 Å². The zero-order valence-electron chi connectivity index (χ0n) is 11.9. The minimum atomic E-state index is -3.00. The molecule has 0 unspecified atom stereocenters. The molecule has 2 aromatic rings. The molecule has 1 atom stereocenters. The molecule has 0 aliphatic heterocycles. The van der Waals surface area contributed by atoms with Crippen LogP contribution in [-0.4, -0.2) is 24.2 Å². The van der Waals surface area contributed by atoms with E-state index in [-0.39, 0.29) is 17.2 Å². The number of ether oxygens (including phenoxy) is 1. The van der Waals surface area contributed by atoms with E-state index >= 15 is 0 Å². The third-order valence-corrected chi connectivity index (χ3v) is 3.81. The monoisotopic (exact) mass is 331 g/mol. The Bertz CT molecular complexity index is 651. The second kappa shape index (κ2) is 6.45. The van der Waals surface area contributed by atoms with Crippen LogP contribution < -0.4 is 10.1 Å². The zero-order chi connectivity index (χ0) is 16.3. The number of carbonyl (C=O) groups excluding carboxylic acids is 1. The molecule has 1 amide bonds. The highest BCUT2D eigenvalue weighted by atomic mass is 32.1. The standard InChI is InChI=1S/C14H15F2NO4S/c1-8-3-4-10(20-8)14(2,19)7-17-12(18)11-9(5-6-22-11)21-13(15)16/h3-6,13,19H,7H2,1-2H3,(H,17,18)/t14-/m0/s1. The summed E-state index contributed by atoms with van der Waals surface area (Å²) >= 11 is 0.975. The smallest absolute Gasteiger partial charge is 0.387 e. The molecule has 5 nitrogen and oxygen atoms in total. The molecule has 0 fully saturated rings. The van der Waals surface area contributed by atoms with Crippen molar-refractivity contribution in [2.75, 3.05) is 6.54 Å². The van der Waals surface area contributed by atoms with Gasteiger partial charge in [-0.3, -0.25) is 4.79 Å². The van der Waals surface area contributed by atoms with Crippen molar-refractivity contribution < 1.29 is 27.8 Å². The van der Waals surface area contributed by atoms with Crippen molar-refractivity contribution in [2.24, 2.45) is 0 Å². The van der Waals surface area contributed by atoms with Gasteiger partial charge in [-0.1, -0.05) is 0 Å². The van der Waals surface area contributed by atoms with Gasteiger partial charge in [-0.15, -0.1) is 11.3 Å². The number of aryl methyl sites for hydroxylation is 1. The summed E-state index contributed by atoms with van der Waals surface area (Å²) in [6, 6.07) is 4.59. The molecule has 2 aromatic heterocycles. The minimum Gasteiger partial charge on any atom is -0.463 e. The van der Waals surface area contributed by atoms with Crippen LogP contribution in [0.1, 0.15) is 28.1 Å². The number of hydrogen-bond donors (Lipinski definition) is 2. The van der Waals surface area contributed by atoms with E-state index in [1.54, 1.807) is 19.1 Å². The van der Waals surface area contributed by atoms with Crippen LogP contribution in [0.25, 0.3) is 0 Å². The first-order valence-electron chi connectivity index (χ1n) is 6.39. The molecule has 2 N–H and O–H groups in total. The van der Waals surface area contributed by atoms with Crippen molar-refractivity contribution in [3.05, 3.63) is 40.0 Å². The number of rotatable bonds is 6. The summed E-state index contributed by atoms with van der Waals surface area (Å²) in [4.78, 5) is 12.0. The number of aliphatic hydroxyl groups is 1. The number of halogens is 2. The van der Waals surface area contributed by atoms with Crippen molar-refractivity contribution in [1.29, 1.82) is 0 Å². The maximum absolute atomic E-state index is 12.2. The molecule has 0 aliphatic carbocycles. The molecule has 2 rings (SSSR count). The summed E-state index contributed by atoms with van der Waals surface area (Å²) in [6.07, 6.45) is 0. The van der Waals surface area contributed by atoms with Gasteiger partial charge in [0, 0.05) is 0 Å². The lowest BCUT2D eigenvalue weighted by Gasteiger charge is -2.21. The molecule has 2 heterocycles. The Morgan fingerprint density at radius 3 is 2.82 bits per heavy atom. The van der Waals surface area contributed by atoms with Crippen molar-refractivity contribution in [1.82, 2.24) is 5.32 Å². The third-order valence-electron chi connectivity index (χ3n) is 2.92. The zero-order valence-corrected chi connectivity index (χ0v) is 12.7. The molecule has 0 saturated heterocycles. The first kappa shape index (κ1) is 16.4.